The highest BCUT2D eigenvalue weighted by atomic mass is 16.5. The number of piperazine rings is 1. The van der Waals surface area contributed by atoms with Crippen molar-refractivity contribution in [3.8, 4) is 22.8 Å². The standard InChI is InChI=1S/C43H45N11O5/c44-39-37-38(27-6-9-32(10-7-27)59-31-4-2-1-3-5-31)48-54(40(37)46-25-45-39)28-14-16-49(17-15-28)26-50-23-30(24-50)52-20-18-51(19-21-52)29-8-11-33-34(22-29)43(58)53(42(33)57)35-12-13-36(55)47-41(35)56/h1-11,22,25,28,30,35H,12-21,23-24,26H2,(H2,44,45,46)(H,47,55,56). The Morgan fingerprint density at radius 1 is 0.746 bits per heavy atom. The molecule has 4 fully saturated rings. The van der Waals surface area contributed by atoms with Crippen LogP contribution in [0.5, 0.6) is 11.5 Å². The molecule has 0 radical (unpaired) electrons. The number of nitrogen functional groups attached to an aromatic ring is 1. The van der Waals surface area contributed by atoms with Crippen LogP contribution in [0.4, 0.5) is 11.5 Å². The zero-order chi connectivity index (χ0) is 40.2. The number of nitrogens with two attached hydrogens (primary N) is 1. The number of carbonyl (C=O) groups is 4. The number of nitrogens with one attached hydrogen (secondary N) is 1. The molecule has 5 aliphatic heterocycles. The molecule has 4 amide bonds. The minimum absolute atomic E-state index is 0.0972. The molecule has 2 aromatic heterocycles. The van der Waals surface area contributed by atoms with Crippen LogP contribution in [0.25, 0.3) is 22.3 Å². The first kappa shape index (κ1) is 37.1. The van der Waals surface area contributed by atoms with Crippen LogP contribution in [0.1, 0.15) is 52.4 Å². The van der Waals surface area contributed by atoms with Gasteiger partial charge in [-0.05, 0) is 73.9 Å². The molecule has 3 N–H and O–H groups in total. The number of amides is 4. The third kappa shape index (κ3) is 6.96. The average Bonchev–Trinajstić information content (AvgIpc) is 3.75. The summed E-state index contributed by atoms with van der Waals surface area (Å²) >= 11 is 0. The second kappa shape index (κ2) is 15.2. The fraction of sp³-hybridized carbons (Fsp3) is 0.372. The molecule has 0 bridgehead atoms. The van der Waals surface area contributed by atoms with Gasteiger partial charge < -0.3 is 15.4 Å². The van der Waals surface area contributed by atoms with Crippen LogP contribution >= 0.6 is 0 Å². The third-order valence-corrected chi connectivity index (χ3v) is 12.5. The molecule has 0 aliphatic carbocycles. The van der Waals surface area contributed by atoms with E-state index in [9.17, 15) is 19.2 Å². The number of likely N-dealkylation sites (tertiary alicyclic amines) is 2. The predicted molar refractivity (Wildman–Crippen MR) is 219 cm³/mol. The van der Waals surface area contributed by atoms with Crippen LogP contribution < -0.4 is 20.7 Å². The van der Waals surface area contributed by atoms with Crippen molar-refractivity contribution in [1.82, 2.24) is 44.7 Å². The molecule has 4 saturated heterocycles. The number of hydrogen-bond donors (Lipinski definition) is 2. The van der Waals surface area contributed by atoms with Gasteiger partial charge >= 0.3 is 0 Å². The molecule has 3 aromatic carbocycles. The maximum absolute atomic E-state index is 13.4. The molecular formula is C43H45N11O5. The summed E-state index contributed by atoms with van der Waals surface area (Å²) in [6.45, 7) is 8.39. The molecule has 0 spiro atoms. The van der Waals surface area contributed by atoms with Gasteiger partial charge in [0.2, 0.25) is 11.8 Å². The smallest absolute Gasteiger partial charge is 0.262 e. The Balaban J connectivity index is 0.708. The van der Waals surface area contributed by atoms with Gasteiger partial charge in [0.25, 0.3) is 11.8 Å². The minimum atomic E-state index is -0.967. The van der Waals surface area contributed by atoms with Gasteiger partial charge in [0.05, 0.1) is 29.2 Å². The van der Waals surface area contributed by atoms with Gasteiger partial charge in [-0.25, -0.2) is 14.6 Å². The summed E-state index contributed by atoms with van der Waals surface area (Å²) in [5.74, 6) is -0.00348. The number of anilines is 2. The topological polar surface area (TPSA) is 175 Å². The third-order valence-electron chi connectivity index (χ3n) is 12.5. The van der Waals surface area contributed by atoms with E-state index >= 15 is 0 Å². The van der Waals surface area contributed by atoms with Gasteiger partial charge in [0, 0.05) is 76.1 Å². The number of ether oxygens (including phenoxy) is 1. The molecule has 16 nitrogen and oxygen atoms in total. The van der Waals surface area contributed by atoms with Gasteiger partial charge in [0.1, 0.15) is 35.4 Å². The summed E-state index contributed by atoms with van der Waals surface area (Å²) in [5.41, 5.74) is 10.4. The fourth-order valence-electron chi connectivity index (χ4n) is 9.24. The van der Waals surface area contributed by atoms with Crippen molar-refractivity contribution in [2.24, 2.45) is 0 Å². The molecule has 1 atom stereocenters. The van der Waals surface area contributed by atoms with Crippen molar-refractivity contribution in [2.45, 2.75) is 43.8 Å². The molecule has 1 unspecified atom stereocenters. The molecule has 5 aromatic rings. The Hall–Kier alpha value is -6.23. The van der Waals surface area contributed by atoms with Crippen LogP contribution in [0.15, 0.2) is 79.1 Å². The van der Waals surface area contributed by atoms with E-state index in [1.807, 2.05) is 60.7 Å². The summed E-state index contributed by atoms with van der Waals surface area (Å²) in [6, 6.07) is 22.7. The van der Waals surface area contributed by atoms with Gasteiger partial charge in [-0.15, -0.1) is 0 Å². The summed E-state index contributed by atoms with van der Waals surface area (Å²) in [4.78, 5) is 70.5. The summed E-state index contributed by atoms with van der Waals surface area (Å²) < 4.78 is 8.06. The first-order valence-electron chi connectivity index (χ1n) is 20.4. The zero-order valence-corrected chi connectivity index (χ0v) is 32.6. The van der Waals surface area contributed by atoms with Crippen LogP contribution in [-0.2, 0) is 9.59 Å². The molecule has 10 rings (SSSR count). The van der Waals surface area contributed by atoms with Crippen molar-refractivity contribution in [1.29, 1.82) is 0 Å². The number of piperidine rings is 2. The van der Waals surface area contributed by atoms with E-state index in [-0.39, 0.29) is 24.8 Å². The van der Waals surface area contributed by atoms with E-state index in [2.05, 4.69) is 39.6 Å². The van der Waals surface area contributed by atoms with Crippen molar-refractivity contribution in [3.63, 3.8) is 0 Å². The van der Waals surface area contributed by atoms with Crippen LogP contribution in [-0.4, -0.2) is 134 Å². The van der Waals surface area contributed by atoms with Crippen LogP contribution in [0.3, 0.4) is 0 Å². The molecule has 59 heavy (non-hydrogen) atoms. The number of fused-ring (bicyclic) bond motifs is 2. The van der Waals surface area contributed by atoms with Crippen molar-refractivity contribution in [2.75, 3.05) is 69.7 Å². The van der Waals surface area contributed by atoms with Gasteiger partial charge in [-0.1, -0.05) is 18.2 Å². The second-order valence-corrected chi connectivity index (χ2v) is 16.1. The number of aromatic nitrogens is 4. The molecule has 16 heteroatoms. The molecule has 5 aliphatic rings. The van der Waals surface area contributed by atoms with Crippen molar-refractivity contribution in [3.05, 3.63) is 90.3 Å². The lowest BCUT2D eigenvalue weighted by atomic mass is 10.0. The van der Waals surface area contributed by atoms with Crippen molar-refractivity contribution < 1.29 is 23.9 Å². The van der Waals surface area contributed by atoms with E-state index < -0.39 is 23.8 Å². The highest BCUT2D eigenvalue weighted by Gasteiger charge is 2.45. The van der Waals surface area contributed by atoms with Crippen LogP contribution in [0, 0.1) is 0 Å². The number of nitrogens with zero attached hydrogens (tertiary/aromatic N) is 9. The van der Waals surface area contributed by atoms with E-state index in [0.717, 1.165) is 116 Å². The highest BCUT2D eigenvalue weighted by Crippen LogP contribution is 2.36. The van der Waals surface area contributed by atoms with Crippen molar-refractivity contribution >= 4 is 46.2 Å². The quantitative estimate of drug-likeness (QED) is 0.208. The fourth-order valence-corrected chi connectivity index (χ4v) is 9.24. The van der Waals surface area contributed by atoms with E-state index in [1.54, 1.807) is 12.1 Å². The highest BCUT2D eigenvalue weighted by molar-refractivity contribution is 6.23. The predicted octanol–water partition coefficient (Wildman–Crippen LogP) is 3.37. The lowest BCUT2D eigenvalue weighted by molar-refractivity contribution is -0.136. The summed E-state index contributed by atoms with van der Waals surface area (Å²) in [7, 11) is 0. The number of imide groups is 2. The Bertz CT molecular complexity index is 2440. The van der Waals surface area contributed by atoms with Gasteiger partial charge in [0.15, 0.2) is 5.65 Å². The lowest BCUT2D eigenvalue weighted by Crippen LogP contribution is -2.64. The SMILES string of the molecule is Nc1ncnc2c1c(-c1ccc(Oc3ccccc3)cc1)nn2C1CCN(CN2CC(N3CCN(c4ccc5c(c4)C(=O)N(C4CCC(=O)NC4=O)C5=O)CC3)C2)CC1. The lowest BCUT2D eigenvalue weighted by Gasteiger charge is -2.50. The Kier molecular flexibility index (Phi) is 9.53. The maximum Gasteiger partial charge on any atom is 0.262 e. The van der Waals surface area contributed by atoms with E-state index in [1.165, 1.54) is 6.33 Å². The maximum atomic E-state index is 13.4. The summed E-state index contributed by atoms with van der Waals surface area (Å²) in [6.07, 6.45) is 3.68. The van der Waals surface area contributed by atoms with Gasteiger partial charge in [-0.2, -0.15) is 5.10 Å². The Morgan fingerprint density at radius 3 is 2.22 bits per heavy atom. The normalized spacial score (nSPS) is 21.3. The number of carbonyl (C=O) groups excluding carboxylic acids is 4. The molecule has 7 heterocycles. The van der Waals surface area contributed by atoms with E-state index in [4.69, 9.17) is 15.6 Å². The molecular weight excluding hydrogens is 751 g/mol. The first-order chi connectivity index (χ1) is 28.8. The number of benzene rings is 3. The Morgan fingerprint density at radius 2 is 1.47 bits per heavy atom. The summed E-state index contributed by atoms with van der Waals surface area (Å²) in [5, 5.41) is 8.13. The second-order valence-electron chi connectivity index (χ2n) is 16.1. The first-order valence-corrected chi connectivity index (χ1v) is 20.4. The van der Waals surface area contributed by atoms with Crippen LogP contribution in [0.2, 0.25) is 0 Å². The average molecular weight is 796 g/mol. The van der Waals surface area contributed by atoms with E-state index in [0.29, 0.717) is 23.0 Å². The Labute approximate surface area is 340 Å². The largest absolute Gasteiger partial charge is 0.457 e. The minimum Gasteiger partial charge on any atom is -0.457 e. The monoisotopic (exact) mass is 795 g/mol. The molecule has 302 valence electrons. The van der Waals surface area contributed by atoms with Gasteiger partial charge in [-0.3, -0.25) is 44.1 Å². The zero-order valence-electron chi connectivity index (χ0n) is 32.6. The molecule has 0 saturated carbocycles. The number of rotatable bonds is 9. The number of hydrogen-bond acceptors (Lipinski definition) is 13. The number of para-hydroxylation sites is 1.